The molecule has 0 aliphatic heterocycles. The number of imidazole rings is 1. The summed E-state index contributed by atoms with van der Waals surface area (Å²) in [5.41, 5.74) is 3.49. The SMILES string of the molecule is CC(C)(C)n1cnc2ccc(-c3nnc(-c4ccc(NCC(F)F)c(C#N)c4)o3)cc21. The highest BCUT2D eigenvalue weighted by molar-refractivity contribution is 5.81. The Morgan fingerprint density at radius 1 is 1.10 bits per heavy atom. The van der Waals surface area contributed by atoms with Gasteiger partial charge in [0.1, 0.15) is 6.07 Å². The molecule has 1 N–H and O–H groups in total. The van der Waals surface area contributed by atoms with Crippen LogP contribution >= 0.6 is 0 Å². The Bertz CT molecular complexity index is 1280. The first-order chi connectivity index (χ1) is 14.8. The fourth-order valence-corrected chi connectivity index (χ4v) is 3.24. The van der Waals surface area contributed by atoms with Crippen LogP contribution < -0.4 is 5.32 Å². The number of nitrogens with one attached hydrogen (secondary N) is 1. The summed E-state index contributed by atoms with van der Waals surface area (Å²) < 4.78 is 32.8. The number of hydrogen-bond donors (Lipinski definition) is 1. The van der Waals surface area contributed by atoms with Gasteiger partial charge in [-0.3, -0.25) is 0 Å². The van der Waals surface area contributed by atoms with Crippen molar-refractivity contribution >= 4 is 16.7 Å². The van der Waals surface area contributed by atoms with Crippen molar-refractivity contribution in [2.24, 2.45) is 0 Å². The number of aromatic nitrogens is 4. The van der Waals surface area contributed by atoms with Gasteiger partial charge < -0.3 is 14.3 Å². The Morgan fingerprint density at radius 3 is 2.42 bits per heavy atom. The van der Waals surface area contributed by atoms with Gasteiger partial charge in [-0.15, -0.1) is 10.2 Å². The third-order valence-corrected chi connectivity index (χ3v) is 4.78. The molecule has 4 aromatic rings. The quantitative estimate of drug-likeness (QED) is 0.483. The number of hydrogen-bond acceptors (Lipinski definition) is 6. The topological polar surface area (TPSA) is 92.6 Å². The highest BCUT2D eigenvalue weighted by Gasteiger charge is 2.18. The minimum absolute atomic E-state index is 0.138. The molecule has 2 aromatic heterocycles. The molecule has 7 nitrogen and oxygen atoms in total. The highest BCUT2D eigenvalue weighted by atomic mass is 19.3. The highest BCUT2D eigenvalue weighted by Crippen LogP contribution is 2.30. The van der Waals surface area contributed by atoms with Crippen molar-refractivity contribution in [1.29, 1.82) is 5.26 Å². The predicted octanol–water partition coefficient (Wildman–Crippen LogP) is 5.06. The van der Waals surface area contributed by atoms with Gasteiger partial charge in [0.05, 0.1) is 35.2 Å². The first-order valence-electron chi connectivity index (χ1n) is 9.64. The van der Waals surface area contributed by atoms with Crippen LogP contribution in [0.15, 0.2) is 47.1 Å². The molecular formula is C22H20F2N6O. The molecule has 158 valence electrons. The molecule has 0 fully saturated rings. The molecule has 4 rings (SSSR count). The summed E-state index contributed by atoms with van der Waals surface area (Å²) in [6.45, 7) is 5.75. The molecule has 0 spiro atoms. The Morgan fingerprint density at radius 2 is 1.77 bits per heavy atom. The minimum Gasteiger partial charge on any atom is -0.416 e. The molecule has 2 heterocycles. The average Bonchev–Trinajstić information content (AvgIpc) is 3.38. The van der Waals surface area contributed by atoms with Gasteiger partial charge in [0, 0.05) is 16.7 Å². The molecule has 0 bridgehead atoms. The number of anilines is 1. The summed E-state index contributed by atoms with van der Waals surface area (Å²) in [6.07, 6.45) is -0.711. The van der Waals surface area contributed by atoms with Crippen LogP contribution in [-0.2, 0) is 5.54 Å². The van der Waals surface area contributed by atoms with E-state index in [1.54, 1.807) is 18.5 Å². The third-order valence-electron chi connectivity index (χ3n) is 4.78. The Kier molecular flexibility index (Phi) is 5.15. The summed E-state index contributed by atoms with van der Waals surface area (Å²) in [5, 5.41) is 20.1. The first-order valence-corrected chi connectivity index (χ1v) is 9.64. The van der Waals surface area contributed by atoms with Gasteiger partial charge in [-0.25, -0.2) is 13.8 Å². The van der Waals surface area contributed by atoms with Gasteiger partial charge in [0.2, 0.25) is 11.8 Å². The van der Waals surface area contributed by atoms with E-state index in [4.69, 9.17) is 4.42 Å². The molecule has 0 amide bonds. The van der Waals surface area contributed by atoms with E-state index in [2.05, 4.69) is 45.8 Å². The lowest BCUT2D eigenvalue weighted by atomic mass is 10.1. The van der Waals surface area contributed by atoms with Crippen LogP contribution in [0.25, 0.3) is 33.9 Å². The molecule has 0 unspecified atom stereocenters. The fraction of sp³-hybridized carbons (Fsp3) is 0.273. The molecule has 0 saturated heterocycles. The zero-order valence-electron chi connectivity index (χ0n) is 17.2. The van der Waals surface area contributed by atoms with E-state index in [0.717, 1.165) is 16.6 Å². The van der Waals surface area contributed by atoms with Crippen LogP contribution in [0, 0.1) is 11.3 Å². The van der Waals surface area contributed by atoms with Crippen molar-refractivity contribution in [3.63, 3.8) is 0 Å². The van der Waals surface area contributed by atoms with Crippen molar-refractivity contribution in [2.45, 2.75) is 32.7 Å². The predicted molar refractivity (Wildman–Crippen MR) is 113 cm³/mol. The number of benzene rings is 2. The molecule has 0 atom stereocenters. The number of nitriles is 1. The number of halogens is 2. The smallest absolute Gasteiger partial charge is 0.255 e. The number of fused-ring (bicyclic) bond motifs is 1. The van der Waals surface area contributed by atoms with Crippen LogP contribution in [0.2, 0.25) is 0 Å². The third kappa shape index (κ3) is 4.10. The summed E-state index contributed by atoms with van der Waals surface area (Å²) in [5.74, 6) is 0.563. The molecule has 9 heteroatoms. The Balaban J connectivity index is 1.66. The van der Waals surface area contributed by atoms with Crippen molar-refractivity contribution in [1.82, 2.24) is 19.7 Å². The minimum atomic E-state index is -2.52. The molecule has 31 heavy (non-hydrogen) atoms. The lowest BCUT2D eigenvalue weighted by molar-refractivity contribution is 0.163. The van der Waals surface area contributed by atoms with Gasteiger partial charge in [0.15, 0.2) is 0 Å². The molecule has 2 aromatic carbocycles. The molecule has 0 radical (unpaired) electrons. The number of rotatable bonds is 5. The van der Waals surface area contributed by atoms with E-state index in [1.165, 1.54) is 6.07 Å². The maximum absolute atomic E-state index is 12.4. The number of nitrogens with zero attached hydrogens (tertiary/aromatic N) is 5. The van der Waals surface area contributed by atoms with Crippen molar-refractivity contribution in [3.8, 4) is 29.0 Å². The van der Waals surface area contributed by atoms with Crippen LogP contribution in [0.1, 0.15) is 26.3 Å². The van der Waals surface area contributed by atoms with Gasteiger partial charge in [-0.1, -0.05) is 0 Å². The largest absolute Gasteiger partial charge is 0.416 e. The van der Waals surface area contributed by atoms with Gasteiger partial charge >= 0.3 is 0 Å². The molecule has 0 saturated carbocycles. The summed E-state index contributed by atoms with van der Waals surface area (Å²) in [4.78, 5) is 4.44. The molecular weight excluding hydrogens is 402 g/mol. The monoisotopic (exact) mass is 422 g/mol. The second-order valence-electron chi connectivity index (χ2n) is 8.05. The maximum atomic E-state index is 12.4. The Hall–Kier alpha value is -3.80. The lowest BCUT2D eigenvalue weighted by Crippen LogP contribution is -2.20. The van der Waals surface area contributed by atoms with E-state index in [9.17, 15) is 14.0 Å². The standard InChI is InChI=1S/C22H20F2N6O/c1-22(2,3)30-12-27-17-7-5-14(9-18(17)30)21-29-28-20(31-21)13-4-6-16(15(8-13)10-25)26-11-19(23)24/h4-9,12,19,26H,11H2,1-3H3. The lowest BCUT2D eigenvalue weighted by Gasteiger charge is -2.21. The van der Waals surface area contributed by atoms with Crippen molar-refractivity contribution < 1.29 is 13.2 Å². The zero-order valence-corrected chi connectivity index (χ0v) is 17.2. The van der Waals surface area contributed by atoms with Gasteiger partial charge in [-0.05, 0) is 57.2 Å². The summed E-state index contributed by atoms with van der Waals surface area (Å²) in [7, 11) is 0. The number of alkyl halides is 2. The van der Waals surface area contributed by atoms with E-state index < -0.39 is 13.0 Å². The maximum Gasteiger partial charge on any atom is 0.255 e. The Labute approximate surface area is 177 Å². The normalized spacial score (nSPS) is 11.8. The van der Waals surface area contributed by atoms with Gasteiger partial charge in [-0.2, -0.15) is 5.26 Å². The van der Waals surface area contributed by atoms with E-state index >= 15 is 0 Å². The van der Waals surface area contributed by atoms with Gasteiger partial charge in [0.25, 0.3) is 6.43 Å². The van der Waals surface area contributed by atoms with E-state index in [1.807, 2.05) is 24.3 Å². The first kappa shape index (κ1) is 20.5. The summed E-state index contributed by atoms with van der Waals surface area (Å²) in [6, 6.07) is 12.4. The second kappa shape index (κ2) is 7.80. The van der Waals surface area contributed by atoms with Crippen molar-refractivity contribution in [3.05, 3.63) is 48.3 Å². The average molecular weight is 422 g/mol. The fourth-order valence-electron chi connectivity index (χ4n) is 3.24. The van der Waals surface area contributed by atoms with Crippen LogP contribution in [0.5, 0.6) is 0 Å². The molecule has 0 aliphatic rings. The van der Waals surface area contributed by atoms with Crippen LogP contribution in [0.3, 0.4) is 0 Å². The van der Waals surface area contributed by atoms with E-state index in [-0.39, 0.29) is 17.0 Å². The molecule has 0 aliphatic carbocycles. The zero-order chi connectivity index (χ0) is 22.2. The second-order valence-corrected chi connectivity index (χ2v) is 8.05. The van der Waals surface area contributed by atoms with E-state index in [0.29, 0.717) is 17.1 Å². The van der Waals surface area contributed by atoms with Crippen LogP contribution in [-0.4, -0.2) is 32.7 Å². The summed E-state index contributed by atoms with van der Waals surface area (Å²) >= 11 is 0. The van der Waals surface area contributed by atoms with Crippen molar-refractivity contribution in [2.75, 3.05) is 11.9 Å². The van der Waals surface area contributed by atoms with Crippen LogP contribution in [0.4, 0.5) is 14.5 Å².